The molecule has 0 fully saturated rings. The molecule has 3 aromatic heterocycles. The topological polar surface area (TPSA) is 72.0 Å². The van der Waals surface area contributed by atoms with Gasteiger partial charge < -0.3 is 0 Å². The first-order valence-corrected chi connectivity index (χ1v) is 10.8. The summed E-state index contributed by atoms with van der Waals surface area (Å²) >= 11 is 13.1. The van der Waals surface area contributed by atoms with Gasteiger partial charge in [0.05, 0.1) is 24.8 Å². The van der Waals surface area contributed by atoms with E-state index in [1.54, 1.807) is 0 Å². The molecule has 5 nitrogen and oxygen atoms in total. The summed E-state index contributed by atoms with van der Waals surface area (Å²) in [5.74, 6) is -1.09. The van der Waals surface area contributed by atoms with Crippen molar-refractivity contribution in [1.29, 1.82) is 0 Å². The van der Waals surface area contributed by atoms with Gasteiger partial charge in [0.2, 0.25) is 11.2 Å². The first-order chi connectivity index (χ1) is 14.7. The van der Waals surface area contributed by atoms with E-state index in [0.29, 0.717) is 15.1 Å². The zero-order valence-corrected chi connectivity index (χ0v) is 18.5. The zero-order valence-electron chi connectivity index (χ0n) is 15.3. The highest BCUT2D eigenvalue weighted by atomic mass is 35.5. The lowest BCUT2D eigenvalue weighted by atomic mass is 10.1. The smallest absolute Gasteiger partial charge is 0.292 e. The largest absolute Gasteiger partial charge is 0.393 e. The van der Waals surface area contributed by atoms with Crippen molar-refractivity contribution in [3.8, 4) is 0 Å². The number of hydrogen-bond acceptors (Lipinski definition) is 6. The van der Waals surface area contributed by atoms with Gasteiger partial charge in [0.25, 0.3) is 5.91 Å². The number of amides is 2. The van der Waals surface area contributed by atoms with Crippen LogP contribution in [0.1, 0.15) is 25.0 Å². The van der Waals surface area contributed by atoms with Crippen LogP contribution in [0.25, 0.3) is 10.2 Å². The predicted octanol–water partition coefficient (Wildman–Crippen LogP) is 5.77. The Bertz CT molecular complexity index is 1190. The number of alkyl halides is 6. The van der Waals surface area contributed by atoms with Crippen LogP contribution in [0.2, 0.25) is 10.4 Å². The number of hydrogen-bond donors (Lipinski definition) is 1. The fourth-order valence-electron chi connectivity index (χ4n) is 2.67. The second-order valence-corrected chi connectivity index (χ2v) is 9.44. The first-order valence-electron chi connectivity index (χ1n) is 8.41. The molecular formula is C17H9Cl2F6N3O2S2. The molecule has 4 rings (SSSR count). The van der Waals surface area contributed by atoms with Gasteiger partial charge in [-0.15, -0.1) is 22.7 Å². The molecule has 0 saturated carbocycles. The van der Waals surface area contributed by atoms with Gasteiger partial charge >= 0.3 is 12.4 Å². The summed E-state index contributed by atoms with van der Waals surface area (Å²) in [6.45, 7) is 0. The Morgan fingerprint density at radius 3 is 2.12 bits per heavy atom. The second kappa shape index (κ2) is 9.12. The highest BCUT2D eigenvalue weighted by Crippen LogP contribution is 2.33. The van der Waals surface area contributed by atoms with Gasteiger partial charge in [-0.3, -0.25) is 14.9 Å². The molecule has 0 radical (unpaired) electrons. The minimum Gasteiger partial charge on any atom is -0.292 e. The molecule has 1 aliphatic heterocycles. The maximum absolute atomic E-state index is 12.2. The lowest BCUT2D eigenvalue weighted by molar-refractivity contribution is -0.127. The number of nitrogens with one attached hydrogen (secondary N) is 1. The van der Waals surface area contributed by atoms with Crippen LogP contribution in [0.4, 0.5) is 26.3 Å². The molecule has 0 bridgehead atoms. The second-order valence-electron chi connectivity index (χ2n) is 6.40. The molecule has 0 aliphatic carbocycles. The summed E-state index contributed by atoms with van der Waals surface area (Å²) in [5.41, 5.74) is 0.184. The van der Waals surface area contributed by atoms with Crippen LogP contribution in [0.3, 0.4) is 0 Å². The van der Waals surface area contributed by atoms with Crippen molar-refractivity contribution in [3.05, 3.63) is 42.8 Å². The molecule has 0 atom stereocenters. The highest BCUT2D eigenvalue weighted by molar-refractivity contribution is 7.18. The van der Waals surface area contributed by atoms with Crippen molar-refractivity contribution in [2.75, 3.05) is 0 Å². The lowest BCUT2D eigenvalue weighted by Crippen LogP contribution is -2.36. The van der Waals surface area contributed by atoms with Crippen molar-refractivity contribution in [2.45, 2.75) is 31.6 Å². The van der Waals surface area contributed by atoms with Gasteiger partial charge in [0.1, 0.15) is 9.98 Å². The summed E-state index contributed by atoms with van der Waals surface area (Å²) in [5, 5.41) is 2.46. The van der Waals surface area contributed by atoms with Gasteiger partial charge in [-0.1, -0.05) is 11.6 Å². The molecule has 4 heterocycles. The van der Waals surface area contributed by atoms with E-state index in [4.69, 9.17) is 23.2 Å². The number of carbonyl (C=O) groups excluding carboxylic acids is 2. The molecule has 32 heavy (non-hydrogen) atoms. The molecule has 15 heteroatoms. The van der Waals surface area contributed by atoms with Gasteiger partial charge in [0.15, 0.2) is 0 Å². The SMILES string of the molecule is FC(F)(F)Cc1cc2c(Cl)nc(Cl)nc2s1.O=C1Cc2sc(CC(F)(F)F)cc2C(=O)N1. The molecule has 0 saturated heterocycles. The van der Waals surface area contributed by atoms with Gasteiger partial charge in [-0.25, -0.2) is 9.97 Å². The van der Waals surface area contributed by atoms with Crippen molar-refractivity contribution < 1.29 is 35.9 Å². The number of carbonyl (C=O) groups is 2. The number of imide groups is 1. The molecular weight excluding hydrogens is 527 g/mol. The number of nitrogens with zero attached hydrogens (tertiary/aromatic N) is 2. The number of fused-ring (bicyclic) bond motifs is 2. The van der Waals surface area contributed by atoms with E-state index in [9.17, 15) is 35.9 Å². The minimum absolute atomic E-state index is 0.0242. The molecule has 0 spiro atoms. The van der Waals surface area contributed by atoms with Crippen LogP contribution in [-0.2, 0) is 24.1 Å². The summed E-state index contributed by atoms with van der Waals surface area (Å²) < 4.78 is 72.8. The predicted molar refractivity (Wildman–Crippen MR) is 107 cm³/mol. The molecule has 3 aromatic rings. The van der Waals surface area contributed by atoms with Crippen LogP contribution >= 0.6 is 45.9 Å². The van der Waals surface area contributed by atoms with E-state index in [-0.39, 0.29) is 32.2 Å². The molecule has 0 aromatic carbocycles. The summed E-state index contributed by atoms with van der Waals surface area (Å²) in [7, 11) is 0. The average Bonchev–Trinajstić information content (AvgIpc) is 3.15. The van der Waals surface area contributed by atoms with E-state index >= 15 is 0 Å². The number of rotatable bonds is 2. The maximum Gasteiger partial charge on any atom is 0.393 e. The Morgan fingerprint density at radius 2 is 1.53 bits per heavy atom. The van der Waals surface area contributed by atoms with Crippen LogP contribution in [-0.4, -0.2) is 34.1 Å². The Morgan fingerprint density at radius 1 is 0.938 bits per heavy atom. The third kappa shape index (κ3) is 6.53. The van der Waals surface area contributed by atoms with Gasteiger partial charge in [0, 0.05) is 20.0 Å². The Balaban J connectivity index is 0.000000181. The summed E-state index contributed by atoms with van der Waals surface area (Å²) in [6.07, 6.45) is -10.6. The Kier molecular flexibility index (Phi) is 7.03. The average molecular weight is 536 g/mol. The molecule has 0 unspecified atom stereocenters. The van der Waals surface area contributed by atoms with Crippen LogP contribution < -0.4 is 5.32 Å². The number of aromatic nitrogens is 2. The summed E-state index contributed by atoms with van der Waals surface area (Å²) in [6, 6.07) is 2.54. The maximum atomic E-state index is 12.2. The standard InChI is InChI=1S/C9H6F3NO2S.C8H3Cl2F3N2S/c10-9(11,12)3-4-1-5-6(16-4)2-7(14)13-8(5)15;9-5-4-1-3(2-8(11,12)13)16-6(4)15-7(10)14-5/h1H,2-3H2,(H,13,14,15);1H,2H2. The number of halogens is 8. The monoisotopic (exact) mass is 535 g/mol. The quantitative estimate of drug-likeness (QED) is 0.196. The molecule has 1 N–H and O–H groups in total. The number of thiophene rings is 2. The highest BCUT2D eigenvalue weighted by Gasteiger charge is 2.32. The van der Waals surface area contributed by atoms with E-state index in [1.807, 2.05) is 0 Å². The van der Waals surface area contributed by atoms with Crippen molar-refractivity contribution in [1.82, 2.24) is 15.3 Å². The summed E-state index contributed by atoms with van der Waals surface area (Å²) in [4.78, 5) is 30.7. The third-order valence-corrected chi connectivity index (χ3v) is 6.42. The molecule has 2 amide bonds. The van der Waals surface area contributed by atoms with Crippen LogP contribution in [0.5, 0.6) is 0 Å². The molecule has 1 aliphatic rings. The normalized spacial score (nSPS) is 14.1. The fraction of sp³-hybridized carbons (Fsp3) is 0.294. The van der Waals surface area contributed by atoms with Crippen LogP contribution in [0.15, 0.2) is 12.1 Å². The van der Waals surface area contributed by atoms with Gasteiger partial charge in [-0.05, 0) is 23.7 Å². The minimum atomic E-state index is -4.30. The van der Waals surface area contributed by atoms with E-state index in [2.05, 4.69) is 15.3 Å². The van der Waals surface area contributed by atoms with Crippen molar-refractivity contribution in [2.24, 2.45) is 0 Å². The third-order valence-electron chi connectivity index (χ3n) is 3.80. The Labute approximate surface area is 193 Å². The molecule has 172 valence electrons. The van der Waals surface area contributed by atoms with Crippen LogP contribution in [0, 0.1) is 0 Å². The Hall–Kier alpha value is -1.96. The van der Waals surface area contributed by atoms with Gasteiger partial charge in [-0.2, -0.15) is 26.3 Å². The van der Waals surface area contributed by atoms with E-state index < -0.39 is 37.0 Å². The lowest BCUT2D eigenvalue weighted by Gasteiger charge is -2.09. The van der Waals surface area contributed by atoms with E-state index in [1.165, 1.54) is 12.1 Å². The van der Waals surface area contributed by atoms with E-state index in [0.717, 1.165) is 22.7 Å². The van der Waals surface area contributed by atoms with Crippen molar-refractivity contribution in [3.63, 3.8) is 0 Å². The fourth-order valence-corrected chi connectivity index (χ4v) is 5.47. The first kappa shape index (κ1) is 24.7. The zero-order chi connectivity index (χ0) is 23.8. The van der Waals surface area contributed by atoms with Crippen molar-refractivity contribution >= 4 is 67.9 Å².